The smallest absolute Gasteiger partial charge is 0.0730 e. The maximum atomic E-state index is 6.99. The van der Waals surface area contributed by atoms with Gasteiger partial charge in [0.2, 0.25) is 0 Å². The van der Waals surface area contributed by atoms with E-state index >= 15 is 0 Å². The van der Waals surface area contributed by atoms with E-state index in [2.05, 4.69) is 40.3 Å². The zero-order valence-corrected chi connectivity index (χ0v) is 8.89. The first-order chi connectivity index (χ1) is 7.38. The molecule has 0 saturated carbocycles. The van der Waals surface area contributed by atoms with Crippen LogP contribution in [0.1, 0.15) is 18.4 Å². The maximum absolute atomic E-state index is 6.99. The number of likely N-dealkylation sites (tertiary alicyclic amines) is 1. The van der Waals surface area contributed by atoms with Gasteiger partial charge in [-0.3, -0.25) is 4.90 Å². The van der Waals surface area contributed by atoms with Crippen LogP contribution in [0.3, 0.4) is 0 Å². The summed E-state index contributed by atoms with van der Waals surface area (Å²) in [5.74, 6) is 0. The standard InChI is InChI=1S/C12H17N3/c13-14-12-6-8-15(9-7-12)10-11-4-2-1-3-5-11/h1-5,12-13H,6-10H2. The third-order valence-electron chi connectivity index (χ3n) is 2.99. The van der Waals surface area contributed by atoms with Gasteiger partial charge in [0, 0.05) is 19.6 Å². The van der Waals surface area contributed by atoms with Crippen molar-refractivity contribution in [2.24, 2.45) is 5.11 Å². The average molecular weight is 203 g/mol. The van der Waals surface area contributed by atoms with Crippen LogP contribution in [-0.2, 0) is 6.54 Å². The van der Waals surface area contributed by atoms with Crippen molar-refractivity contribution in [3.63, 3.8) is 0 Å². The lowest BCUT2D eigenvalue weighted by atomic mass is 10.1. The highest BCUT2D eigenvalue weighted by atomic mass is 15.1. The van der Waals surface area contributed by atoms with Gasteiger partial charge in [-0.25, -0.2) is 5.53 Å². The second-order valence-corrected chi connectivity index (χ2v) is 4.12. The van der Waals surface area contributed by atoms with Crippen LogP contribution in [0.5, 0.6) is 0 Å². The summed E-state index contributed by atoms with van der Waals surface area (Å²) in [7, 11) is 0. The van der Waals surface area contributed by atoms with Crippen molar-refractivity contribution in [2.45, 2.75) is 25.4 Å². The maximum Gasteiger partial charge on any atom is 0.0730 e. The van der Waals surface area contributed by atoms with Crippen molar-refractivity contribution in [3.05, 3.63) is 35.9 Å². The van der Waals surface area contributed by atoms with Gasteiger partial charge in [-0.1, -0.05) is 30.3 Å². The lowest BCUT2D eigenvalue weighted by Gasteiger charge is -2.29. The van der Waals surface area contributed by atoms with Gasteiger partial charge >= 0.3 is 0 Å². The van der Waals surface area contributed by atoms with Crippen LogP contribution in [0.15, 0.2) is 35.4 Å². The van der Waals surface area contributed by atoms with Crippen LogP contribution >= 0.6 is 0 Å². The predicted octanol–water partition coefficient (Wildman–Crippen LogP) is 2.68. The Kier molecular flexibility index (Phi) is 3.45. The molecule has 1 aliphatic heterocycles. The lowest BCUT2D eigenvalue weighted by molar-refractivity contribution is 0.203. The van der Waals surface area contributed by atoms with Gasteiger partial charge in [-0.2, -0.15) is 5.11 Å². The molecule has 0 spiro atoms. The van der Waals surface area contributed by atoms with Gasteiger partial charge in [-0.15, -0.1) is 0 Å². The highest BCUT2D eigenvalue weighted by molar-refractivity contribution is 5.14. The van der Waals surface area contributed by atoms with Crippen molar-refractivity contribution >= 4 is 0 Å². The van der Waals surface area contributed by atoms with E-state index in [0.29, 0.717) is 0 Å². The highest BCUT2D eigenvalue weighted by Crippen LogP contribution is 2.15. The molecule has 1 N–H and O–H groups in total. The number of rotatable bonds is 3. The van der Waals surface area contributed by atoms with E-state index in [4.69, 9.17) is 5.53 Å². The van der Waals surface area contributed by atoms with Crippen LogP contribution in [0.25, 0.3) is 0 Å². The van der Waals surface area contributed by atoms with E-state index in [1.807, 2.05) is 0 Å². The molecule has 15 heavy (non-hydrogen) atoms. The van der Waals surface area contributed by atoms with Gasteiger partial charge in [-0.05, 0) is 18.4 Å². The topological polar surface area (TPSA) is 39.5 Å². The van der Waals surface area contributed by atoms with Crippen molar-refractivity contribution in [1.29, 1.82) is 5.53 Å². The minimum Gasteiger partial charge on any atom is -0.299 e. The number of benzene rings is 1. The van der Waals surface area contributed by atoms with Crippen LogP contribution in [0, 0.1) is 5.53 Å². The molecule has 1 aromatic rings. The summed E-state index contributed by atoms with van der Waals surface area (Å²) in [6, 6.07) is 10.8. The molecule has 3 heteroatoms. The molecule has 0 aromatic heterocycles. The summed E-state index contributed by atoms with van der Waals surface area (Å²) in [6.07, 6.45) is 2.08. The summed E-state index contributed by atoms with van der Waals surface area (Å²) in [5.41, 5.74) is 8.36. The van der Waals surface area contributed by atoms with E-state index in [1.165, 1.54) is 5.56 Å². The van der Waals surface area contributed by atoms with Crippen LogP contribution in [0.2, 0.25) is 0 Å². The van der Waals surface area contributed by atoms with Crippen molar-refractivity contribution in [1.82, 2.24) is 4.90 Å². The fourth-order valence-corrected chi connectivity index (χ4v) is 2.05. The molecule has 0 radical (unpaired) electrons. The second-order valence-electron chi connectivity index (χ2n) is 4.12. The minimum atomic E-state index is 0.275. The Morgan fingerprint density at radius 1 is 1.20 bits per heavy atom. The summed E-state index contributed by atoms with van der Waals surface area (Å²) < 4.78 is 0. The summed E-state index contributed by atoms with van der Waals surface area (Å²) in [5, 5.41) is 3.61. The molecule has 0 bridgehead atoms. The fourth-order valence-electron chi connectivity index (χ4n) is 2.05. The molecule has 0 amide bonds. The summed E-state index contributed by atoms with van der Waals surface area (Å²) in [4.78, 5) is 2.44. The highest BCUT2D eigenvalue weighted by Gasteiger charge is 2.17. The van der Waals surface area contributed by atoms with Crippen LogP contribution in [-0.4, -0.2) is 24.0 Å². The molecule has 80 valence electrons. The Hall–Kier alpha value is -1.22. The van der Waals surface area contributed by atoms with Gasteiger partial charge < -0.3 is 0 Å². The third-order valence-corrected chi connectivity index (χ3v) is 2.99. The van der Waals surface area contributed by atoms with Gasteiger partial charge in [0.05, 0.1) is 6.04 Å². The molecular formula is C12H17N3. The lowest BCUT2D eigenvalue weighted by Crippen LogP contribution is -2.34. The van der Waals surface area contributed by atoms with Crippen molar-refractivity contribution in [3.8, 4) is 0 Å². The summed E-state index contributed by atoms with van der Waals surface area (Å²) >= 11 is 0. The molecule has 3 nitrogen and oxygen atoms in total. The number of nitrogens with zero attached hydrogens (tertiary/aromatic N) is 2. The Morgan fingerprint density at radius 2 is 1.87 bits per heavy atom. The Balaban J connectivity index is 1.85. The van der Waals surface area contributed by atoms with E-state index in [9.17, 15) is 0 Å². The quantitative estimate of drug-likeness (QED) is 0.754. The Labute approximate surface area is 90.6 Å². The number of piperidine rings is 1. The molecular weight excluding hydrogens is 186 g/mol. The molecule has 1 fully saturated rings. The Bertz CT molecular complexity index is 302. The first-order valence-corrected chi connectivity index (χ1v) is 5.51. The number of hydrogen-bond acceptors (Lipinski definition) is 3. The number of hydrogen-bond donors (Lipinski definition) is 1. The predicted molar refractivity (Wildman–Crippen MR) is 59.9 cm³/mol. The van der Waals surface area contributed by atoms with E-state index in [-0.39, 0.29) is 6.04 Å². The molecule has 2 rings (SSSR count). The molecule has 1 saturated heterocycles. The molecule has 0 unspecified atom stereocenters. The zero-order valence-electron chi connectivity index (χ0n) is 8.89. The molecule has 1 aromatic carbocycles. The van der Waals surface area contributed by atoms with Crippen molar-refractivity contribution in [2.75, 3.05) is 13.1 Å². The zero-order chi connectivity index (χ0) is 10.5. The number of nitrogens with one attached hydrogen (secondary N) is 1. The van der Waals surface area contributed by atoms with Crippen LogP contribution < -0.4 is 0 Å². The second kappa shape index (κ2) is 5.03. The SMILES string of the molecule is N=NC1CCN(Cc2ccccc2)CC1. The van der Waals surface area contributed by atoms with Crippen LogP contribution in [0.4, 0.5) is 0 Å². The largest absolute Gasteiger partial charge is 0.299 e. The summed E-state index contributed by atoms with van der Waals surface area (Å²) in [6.45, 7) is 3.18. The molecule has 1 aliphatic rings. The third kappa shape index (κ3) is 2.86. The Morgan fingerprint density at radius 3 is 2.47 bits per heavy atom. The van der Waals surface area contributed by atoms with E-state index < -0.39 is 0 Å². The van der Waals surface area contributed by atoms with Gasteiger partial charge in [0.25, 0.3) is 0 Å². The fraction of sp³-hybridized carbons (Fsp3) is 0.500. The average Bonchev–Trinajstić information content (AvgIpc) is 2.31. The van der Waals surface area contributed by atoms with Crippen molar-refractivity contribution < 1.29 is 0 Å². The first kappa shape index (κ1) is 10.3. The normalized spacial score (nSPS) is 18.9. The molecule has 0 aliphatic carbocycles. The van der Waals surface area contributed by atoms with Gasteiger partial charge in [0.1, 0.15) is 0 Å². The molecule has 1 heterocycles. The van der Waals surface area contributed by atoms with Gasteiger partial charge in [0.15, 0.2) is 0 Å². The molecule has 0 atom stereocenters. The monoisotopic (exact) mass is 203 g/mol. The minimum absolute atomic E-state index is 0.275. The van der Waals surface area contributed by atoms with E-state index in [1.54, 1.807) is 0 Å². The van der Waals surface area contributed by atoms with E-state index in [0.717, 1.165) is 32.5 Å². The first-order valence-electron chi connectivity index (χ1n) is 5.51.